The van der Waals surface area contributed by atoms with Gasteiger partial charge < -0.3 is 15.4 Å². The van der Waals surface area contributed by atoms with Crippen LogP contribution in [0.4, 0.5) is 22.0 Å². The molecule has 0 unspecified atom stereocenters. The molecule has 1 saturated heterocycles. The highest BCUT2D eigenvalue weighted by molar-refractivity contribution is 5.97. The van der Waals surface area contributed by atoms with Crippen molar-refractivity contribution < 1.29 is 31.5 Å². The summed E-state index contributed by atoms with van der Waals surface area (Å²) in [5.74, 6) is -1.66. The van der Waals surface area contributed by atoms with Gasteiger partial charge in [0.2, 0.25) is 0 Å². The first-order valence-corrected chi connectivity index (χ1v) is 7.43. The summed E-state index contributed by atoms with van der Waals surface area (Å²) in [5.41, 5.74) is 0.201. The Balaban J connectivity index is 0.00000312. The van der Waals surface area contributed by atoms with Crippen LogP contribution in [0.15, 0.2) is 18.2 Å². The first kappa shape index (κ1) is 21.4. The highest BCUT2D eigenvalue weighted by Crippen LogP contribution is 2.33. The molecule has 1 aromatic rings. The molecule has 0 atom stereocenters. The van der Waals surface area contributed by atoms with Gasteiger partial charge >= 0.3 is 6.36 Å². The molecule has 1 heterocycles. The zero-order valence-electron chi connectivity index (χ0n) is 13.0. The van der Waals surface area contributed by atoms with Crippen molar-refractivity contribution >= 4 is 18.3 Å². The molecule has 0 bridgehead atoms. The largest absolute Gasteiger partial charge is 0.573 e. The van der Waals surface area contributed by atoms with E-state index in [1.54, 1.807) is 0 Å². The minimum absolute atomic E-state index is 0. The van der Waals surface area contributed by atoms with Crippen molar-refractivity contribution in [2.75, 3.05) is 19.6 Å². The van der Waals surface area contributed by atoms with Crippen LogP contribution in [0.1, 0.15) is 34.7 Å². The maximum atomic E-state index is 12.6. The zero-order valence-corrected chi connectivity index (χ0v) is 13.9. The number of amides is 1. The molecule has 2 N–H and O–H groups in total. The van der Waals surface area contributed by atoms with E-state index in [2.05, 4.69) is 10.1 Å². The number of nitrogens with one attached hydrogen (secondary N) is 2. The van der Waals surface area contributed by atoms with Crippen LogP contribution in [0, 0.1) is 0 Å². The van der Waals surface area contributed by atoms with E-state index in [9.17, 15) is 26.7 Å². The van der Waals surface area contributed by atoms with E-state index in [0.29, 0.717) is 5.56 Å². The van der Waals surface area contributed by atoms with Crippen molar-refractivity contribution in [3.05, 3.63) is 29.3 Å². The molecule has 0 aromatic heterocycles. The molecule has 2 rings (SSSR count). The standard InChI is InChI=1S/C15H17F5N2O2.ClH/c16-13(17)8-22-14(23)11-2-1-10(9-3-5-21-6-4-9)7-12(11)24-15(18,19)20;/h1-2,7,9,13,21H,3-6,8H2,(H,22,23);1H. The second-order valence-electron chi connectivity index (χ2n) is 5.43. The molecule has 142 valence electrons. The lowest BCUT2D eigenvalue weighted by atomic mass is 9.89. The number of benzene rings is 1. The van der Waals surface area contributed by atoms with Gasteiger partial charge in [0.05, 0.1) is 12.1 Å². The third kappa shape index (κ3) is 6.66. The number of rotatable bonds is 5. The molecular formula is C15H18ClF5N2O2. The lowest BCUT2D eigenvalue weighted by Crippen LogP contribution is -2.30. The number of piperidine rings is 1. The molecule has 1 fully saturated rings. The van der Waals surface area contributed by atoms with Crippen LogP contribution in [0.25, 0.3) is 0 Å². The Kier molecular flexibility index (Phi) is 7.88. The number of carbonyl (C=O) groups excluding carboxylic acids is 1. The van der Waals surface area contributed by atoms with E-state index in [4.69, 9.17) is 0 Å². The minimum atomic E-state index is -4.98. The Morgan fingerprint density at radius 2 is 1.92 bits per heavy atom. The molecule has 1 amide bonds. The molecule has 0 radical (unpaired) electrons. The molecule has 1 aliphatic rings. The van der Waals surface area contributed by atoms with Crippen LogP contribution in [0.2, 0.25) is 0 Å². The first-order valence-electron chi connectivity index (χ1n) is 7.43. The second-order valence-corrected chi connectivity index (χ2v) is 5.43. The van der Waals surface area contributed by atoms with Gasteiger partial charge in [0.25, 0.3) is 12.3 Å². The summed E-state index contributed by atoms with van der Waals surface area (Å²) in [4.78, 5) is 11.8. The Bertz CT molecular complexity index is 578. The van der Waals surface area contributed by atoms with Crippen LogP contribution < -0.4 is 15.4 Å². The number of alkyl halides is 5. The lowest BCUT2D eigenvalue weighted by molar-refractivity contribution is -0.274. The molecule has 10 heteroatoms. The molecule has 1 aromatic carbocycles. The molecule has 0 aliphatic carbocycles. The summed E-state index contributed by atoms with van der Waals surface area (Å²) >= 11 is 0. The average Bonchev–Trinajstić information content (AvgIpc) is 2.52. The normalized spacial score (nSPS) is 15.6. The summed E-state index contributed by atoms with van der Waals surface area (Å²) in [6.07, 6.45) is -6.27. The van der Waals surface area contributed by atoms with Gasteiger partial charge in [-0.2, -0.15) is 0 Å². The Morgan fingerprint density at radius 1 is 1.28 bits per heavy atom. The van der Waals surface area contributed by atoms with Crippen LogP contribution in [-0.2, 0) is 0 Å². The second kappa shape index (κ2) is 9.19. The fraction of sp³-hybridized carbons (Fsp3) is 0.533. The van der Waals surface area contributed by atoms with Crippen molar-refractivity contribution in [2.45, 2.75) is 31.5 Å². The topological polar surface area (TPSA) is 50.4 Å². The first-order chi connectivity index (χ1) is 11.3. The van der Waals surface area contributed by atoms with Gasteiger partial charge in [-0.3, -0.25) is 4.79 Å². The van der Waals surface area contributed by atoms with Gasteiger partial charge in [0.1, 0.15) is 5.75 Å². The number of ether oxygens (including phenoxy) is 1. The van der Waals surface area contributed by atoms with E-state index in [0.717, 1.165) is 25.9 Å². The van der Waals surface area contributed by atoms with Crippen LogP contribution in [0.5, 0.6) is 5.75 Å². The van der Waals surface area contributed by atoms with Crippen molar-refractivity contribution in [1.82, 2.24) is 10.6 Å². The Labute approximate surface area is 147 Å². The van der Waals surface area contributed by atoms with E-state index in [1.807, 2.05) is 5.32 Å². The number of hydrogen-bond donors (Lipinski definition) is 2. The fourth-order valence-corrected chi connectivity index (χ4v) is 2.61. The van der Waals surface area contributed by atoms with Gasteiger partial charge in [0, 0.05) is 0 Å². The summed E-state index contributed by atoms with van der Waals surface area (Å²) < 4.78 is 66.0. The van der Waals surface area contributed by atoms with Gasteiger partial charge in [-0.25, -0.2) is 8.78 Å². The monoisotopic (exact) mass is 388 g/mol. The third-order valence-corrected chi connectivity index (χ3v) is 3.70. The van der Waals surface area contributed by atoms with Crippen LogP contribution in [-0.4, -0.2) is 38.3 Å². The summed E-state index contributed by atoms with van der Waals surface area (Å²) in [7, 11) is 0. The maximum Gasteiger partial charge on any atom is 0.573 e. The van der Waals surface area contributed by atoms with E-state index in [-0.39, 0.29) is 18.3 Å². The number of carbonyl (C=O) groups is 1. The average molecular weight is 389 g/mol. The van der Waals surface area contributed by atoms with Gasteiger partial charge in [0.15, 0.2) is 0 Å². The van der Waals surface area contributed by atoms with Gasteiger partial charge in [-0.05, 0) is 49.5 Å². The van der Waals surface area contributed by atoms with Crippen molar-refractivity contribution in [2.24, 2.45) is 0 Å². The molecule has 4 nitrogen and oxygen atoms in total. The zero-order chi connectivity index (χ0) is 17.7. The van der Waals surface area contributed by atoms with Gasteiger partial charge in [-0.15, -0.1) is 25.6 Å². The molecule has 0 saturated carbocycles. The Morgan fingerprint density at radius 3 is 2.48 bits per heavy atom. The van der Waals surface area contributed by atoms with Crippen molar-refractivity contribution in [3.63, 3.8) is 0 Å². The van der Waals surface area contributed by atoms with Crippen molar-refractivity contribution in [3.8, 4) is 5.75 Å². The molecular weight excluding hydrogens is 371 g/mol. The predicted molar refractivity (Wildman–Crippen MR) is 83.6 cm³/mol. The molecule has 25 heavy (non-hydrogen) atoms. The number of halogens is 6. The smallest absolute Gasteiger partial charge is 0.405 e. The van der Waals surface area contributed by atoms with Crippen LogP contribution in [0.3, 0.4) is 0 Å². The van der Waals surface area contributed by atoms with E-state index < -0.39 is 36.6 Å². The fourth-order valence-electron chi connectivity index (χ4n) is 2.61. The maximum absolute atomic E-state index is 12.6. The minimum Gasteiger partial charge on any atom is -0.405 e. The summed E-state index contributed by atoms with van der Waals surface area (Å²) in [6.45, 7) is 0.549. The summed E-state index contributed by atoms with van der Waals surface area (Å²) in [6, 6.07) is 3.89. The highest BCUT2D eigenvalue weighted by Gasteiger charge is 2.33. The SMILES string of the molecule is Cl.O=C(NCC(F)F)c1ccc(C2CCNCC2)cc1OC(F)(F)F. The van der Waals surface area contributed by atoms with Gasteiger partial charge in [-0.1, -0.05) is 6.07 Å². The summed E-state index contributed by atoms with van der Waals surface area (Å²) in [5, 5.41) is 5.03. The number of hydrogen-bond acceptors (Lipinski definition) is 3. The Hall–Kier alpha value is -1.61. The predicted octanol–water partition coefficient (Wildman–Crippen LogP) is 3.47. The molecule has 0 spiro atoms. The molecule has 1 aliphatic heterocycles. The van der Waals surface area contributed by atoms with E-state index >= 15 is 0 Å². The third-order valence-electron chi connectivity index (χ3n) is 3.70. The highest BCUT2D eigenvalue weighted by atomic mass is 35.5. The quantitative estimate of drug-likeness (QED) is 0.759. The van der Waals surface area contributed by atoms with Crippen molar-refractivity contribution in [1.29, 1.82) is 0 Å². The lowest BCUT2D eigenvalue weighted by Gasteiger charge is -2.24. The van der Waals surface area contributed by atoms with Crippen LogP contribution >= 0.6 is 12.4 Å². The van der Waals surface area contributed by atoms with E-state index in [1.165, 1.54) is 18.2 Å².